The van der Waals surface area contributed by atoms with E-state index in [0.29, 0.717) is 12.4 Å². The van der Waals surface area contributed by atoms with E-state index in [4.69, 9.17) is 10.2 Å². The molecule has 3 rings (SSSR count). The Morgan fingerprint density at radius 2 is 2.30 bits per heavy atom. The minimum Gasteiger partial charge on any atom is -0.440 e. The van der Waals surface area contributed by atoms with Crippen LogP contribution in [0.25, 0.3) is 10.8 Å². The summed E-state index contributed by atoms with van der Waals surface area (Å²) in [4.78, 5) is 19.8. The van der Waals surface area contributed by atoms with Gasteiger partial charge in [0.2, 0.25) is 11.8 Å². The van der Waals surface area contributed by atoms with Crippen LogP contribution in [0.1, 0.15) is 24.3 Å². The molecule has 8 heteroatoms. The maximum atomic E-state index is 12.4. The highest BCUT2D eigenvalue weighted by molar-refractivity contribution is 7.13. The molecule has 0 aromatic carbocycles. The average Bonchev–Trinajstić information content (AvgIpc) is 3.18. The lowest BCUT2D eigenvalue weighted by molar-refractivity contribution is -0.131. The van der Waals surface area contributed by atoms with Gasteiger partial charge in [0.1, 0.15) is 5.76 Å². The van der Waals surface area contributed by atoms with E-state index in [9.17, 15) is 4.79 Å². The zero-order valence-electron chi connectivity index (χ0n) is 12.9. The van der Waals surface area contributed by atoms with Crippen molar-refractivity contribution in [2.24, 2.45) is 5.73 Å². The van der Waals surface area contributed by atoms with Crippen LogP contribution >= 0.6 is 36.2 Å². The van der Waals surface area contributed by atoms with E-state index in [0.717, 1.165) is 35.7 Å². The predicted molar refractivity (Wildman–Crippen MR) is 96.5 cm³/mol. The molecule has 0 aliphatic carbocycles. The number of rotatable bonds is 4. The van der Waals surface area contributed by atoms with Gasteiger partial charge in [-0.25, -0.2) is 4.98 Å². The maximum absolute atomic E-state index is 12.4. The number of likely N-dealkylation sites (tertiary alicyclic amines) is 1. The van der Waals surface area contributed by atoms with E-state index >= 15 is 0 Å². The summed E-state index contributed by atoms with van der Waals surface area (Å²) in [5.41, 5.74) is 6.45. The van der Waals surface area contributed by atoms with Gasteiger partial charge in [-0.1, -0.05) is 6.07 Å². The largest absolute Gasteiger partial charge is 0.440 e. The van der Waals surface area contributed by atoms with Gasteiger partial charge in [-0.05, 0) is 31.2 Å². The Morgan fingerprint density at radius 1 is 1.52 bits per heavy atom. The second kappa shape index (κ2) is 8.68. The molecule has 1 amide bonds. The minimum absolute atomic E-state index is 0. The smallest absolute Gasteiger partial charge is 0.236 e. The van der Waals surface area contributed by atoms with Crippen molar-refractivity contribution in [3.63, 3.8) is 0 Å². The van der Waals surface area contributed by atoms with Gasteiger partial charge in [-0.2, -0.15) is 0 Å². The molecular formula is C15H21Cl2N3O2S. The summed E-state index contributed by atoms with van der Waals surface area (Å²) in [5.74, 6) is 1.41. The molecule has 1 aliphatic heterocycles. The number of thiophene rings is 1. The Bertz CT molecular complexity index is 631. The summed E-state index contributed by atoms with van der Waals surface area (Å²) in [6, 6.07) is 4.11. The molecule has 0 spiro atoms. The van der Waals surface area contributed by atoms with Gasteiger partial charge in [0.05, 0.1) is 17.0 Å². The fourth-order valence-electron chi connectivity index (χ4n) is 2.75. The molecule has 1 atom stereocenters. The summed E-state index contributed by atoms with van der Waals surface area (Å²) in [5, 5.41) is 1.98. The topological polar surface area (TPSA) is 72.4 Å². The van der Waals surface area contributed by atoms with Gasteiger partial charge < -0.3 is 15.1 Å². The zero-order chi connectivity index (χ0) is 14.8. The molecule has 1 unspecified atom stereocenters. The number of hydrogen-bond acceptors (Lipinski definition) is 5. The highest BCUT2D eigenvalue weighted by atomic mass is 35.5. The van der Waals surface area contributed by atoms with Gasteiger partial charge in [0.15, 0.2) is 0 Å². The van der Waals surface area contributed by atoms with Crippen LogP contribution in [0.15, 0.2) is 21.9 Å². The SMILES string of the molecule is Cc1oc(-c2cccs2)nc1CC(=O)N1CCCC1CN.Cl.Cl. The van der Waals surface area contributed by atoms with E-state index in [1.54, 1.807) is 11.3 Å². The van der Waals surface area contributed by atoms with E-state index in [1.807, 2.05) is 29.3 Å². The van der Waals surface area contributed by atoms with Crippen molar-refractivity contribution in [1.82, 2.24) is 9.88 Å². The van der Waals surface area contributed by atoms with Crippen LogP contribution in [-0.4, -0.2) is 34.9 Å². The van der Waals surface area contributed by atoms with Crippen molar-refractivity contribution in [3.8, 4) is 10.8 Å². The lowest BCUT2D eigenvalue weighted by atomic mass is 10.2. The van der Waals surface area contributed by atoms with E-state index in [1.165, 1.54) is 0 Å². The predicted octanol–water partition coefficient (Wildman–Crippen LogP) is 3.05. The number of halogens is 2. The van der Waals surface area contributed by atoms with Crippen LogP contribution in [0.2, 0.25) is 0 Å². The molecule has 5 nitrogen and oxygen atoms in total. The fraction of sp³-hybridized carbons (Fsp3) is 0.467. The quantitative estimate of drug-likeness (QED) is 0.888. The van der Waals surface area contributed by atoms with Gasteiger partial charge in [0, 0.05) is 19.1 Å². The van der Waals surface area contributed by atoms with Crippen molar-refractivity contribution >= 4 is 42.1 Å². The average molecular weight is 378 g/mol. The van der Waals surface area contributed by atoms with Crippen molar-refractivity contribution < 1.29 is 9.21 Å². The van der Waals surface area contributed by atoms with E-state index in [2.05, 4.69) is 4.98 Å². The first-order valence-corrected chi connectivity index (χ1v) is 8.06. The Balaban J connectivity index is 0.00000132. The Labute approximate surface area is 152 Å². The Kier molecular flexibility index (Phi) is 7.54. The number of carbonyl (C=O) groups is 1. The summed E-state index contributed by atoms with van der Waals surface area (Å²) in [6.07, 6.45) is 2.32. The summed E-state index contributed by atoms with van der Waals surface area (Å²) >= 11 is 1.58. The summed E-state index contributed by atoms with van der Waals surface area (Å²) < 4.78 is 5.68. The van der Waals surface area contributed by atoms with Crippen LogP contribution in [0, 0.1) is 6.92 Å². The van der Waals surface area contributed by atoms with Crippen molar-refractivity contribution in [1.29, 1.82) is 0 Å². The third-order valence-electron chi connectivity index (χ3n) is 3.91. The number of nitrogens with zero attached hydrogens (tertiary/aromatic N) is 2. The normalized spacial score (nSPS) is 16.8. The Morgan fingerprint density at radius 3 is 2.96 bits per heavy atom. The summed E-state index contributed by atoms with van der Waals surface area (Å²) in [6.45, 7) is 3.19. The van der Waals surface area contributed by atoms with Crippen LogP contribution in [-0.2, 0) is 11.2 Å². The molecule has 128 valence electrons. The van der Waals surface area contributed by atoms with Crippen molar-refractivity contribution in [3.05, 3.63) is 29.0 Å². The third-order valence-corrected chi connectivity index (χ3v) is 4.77. The van der Waals surface area contributed by atoms with Gasteiger partial charge in [0.25, 0.3) is 0 Å². The molecule has 1 fully saturated rings. The minimum atomic E-state index is 0. The second-order valence-corrected chi connectivity index (χ2v) is 6.24. The number of aromatic nitrogens is 1. The first-order chi connectivity index (χ1) is 10.2. The molecule has 23 heavy (non-hydrogen) atoms. The molecule has 2 aromatic rings. The molecule has 0 bridgehead atoms. The molecule has 1 aliphatic rings. The molecule has 2 aromatic heterocycles. The molecule has 3 heterocycles. The first-order valence-electron chi connectivity index (χ1n) is 7.18. The highest BCUT2D eigenvalue weighted by Crippen LogP contribution is 2.26. The lowest BCUT2D eigenvalue weighted by Crippen LogP contribution is -2.40. The van der Waals surface area contributed by atoms with Gasteiger partial charge >= 0.3 is 0 Å². The lowest BCUT2D eigenvalue weighted by Gasteiger charge is -2.23. The van der Waals surface area contributed by atoms with Crippen LogP contribution in [0.5, 0.6) is 0 Å². The number of oxazole rings is 1. The maximum Gasteiger partial charge on any atom is 0.236 e. The number of nitrogens with two attached hydrogens (primary N) is 1. The molecule has 0 radical (unpaired) electrons. The van der Waals surface area contributed by atoms with Gasteiger partial charge in [-0.15, -0.1) is 36.2 Å². The van der Waals surface area contributed by atoms with Crippen molar-refractivity contribution in [2.45, 2.75) is 32.2 Å². The highest BCUT2D eigenvalue weighted by Gasteiger charge is 2.28. The monoisotopic (exact) mass is 377 g/mol. The number of hydrogen-bond donors (Lipinski definition) is 1. The standard InChI is InChI=1S/C15H19N3O2S.2ClH/c1-10-12(17-15(20-10)13-5-3-7-21-13)8-14(19)18-6-2-4-11(18)9-16;;/h3,5,7,11H,2,4,6,8-9,16H2,1H3;2*1H. The zero-order valence-corrected chi connectivity index (χ0v) is 15.3. The van der Waals surface area contributed by atoms with Crippen LogP contribution in [0.4, 0.5) is 0 Å². The van der Waals surface area contributed by atoms with Crippen LogP contribution < -0.4 is 5.73 Å². The van der Waals surface area contributed by atoms with Gasteiger partial charge in [-0.3, -0.25) is 4.79 Å². The summed E-state index contributed by atoms with van der Waals surface area (Å²) in [7, 11) is 0. The molecule has 2 N–H and O–H groups in total. The fourth-order valence-corrected chi connectivity index (χ4v) is 3.40. The third kappa shape index (κ3) is 4.26. The van der Waals surface area contributed by atoms with Crippen LogP contribution in [0.3, 0.4) is 0 Å². The number of amides is 1. The first kappa shape index (κ1) is 20.0. The molecule has 0 saturated carbocycles. The second-order valence-electron chi connectivity index (χ2n) is 5.29. The Hall–Kier alpha value is -1.08. The number of carbonyl (C=O) groups excluding carboxylic acids is 1. The molecule has 1 saturated heterocycles. The van der Waals surface area contributed by atoms with E-state index in [-0.39, 0.29) is 43.2 Å². The van der Waals surface area contributed by atoms with E-state index < -0.39 is 0 Å². The van der Waals surface area contributed by atoms with Crippen molar-refractivity contribution in [2.75, 3.05) is 13.1 Å². The molecular weight excluding hydrogens is 357 g/mol. The number of aryl methyl sites for hydroxylation is 1.